The number of alkyl halides is 1. The minimum atomic E-state index is -1.28. The number of pyridine rings is 1. The van der Waals surface area contributed by atoms with Crippen LogP contribution in [-0.4, -0.2) is 30.3 Å². The number of anilines is 1. The molecule has 158 valence electrons. The van der Waals surface area contributed by atoms with Crippen LogP contribution in [0.2, 0.25) is 0 Å². The second-order valence-corrected chi connectivity index (χ2v) is 8.07. The summed E-state index contributed by atoms with van der Waals surface area (Å²) in [6, 6.07) is 19.7. The number of rotatable bonds is 6. The van der Waals surface area contributed by atoms with Gasteiger partial charge in [0.2, 0.25) is 0 Å². The summed E-state index contributed by atoms with van der Waals surface area (Å²) in [6.07, 6.45) is 0.481. The third kappa shape index (κ3) is 4.58. The third-order valence-corrected chi connectivity index (χ3v) is 5.73. The molecule has 31 heavy (non-hydrogen) atoms. The Morgan fingerprint density at radius 1 is 1.16 bits per heavy atom. The van der Waals surface area contributed by atoms with E-state index < -0.39 is 5.67 Å². The van der Waals surface area contributed by atoms with Gasteiger partial charge in [-0.15, -0.1) is 0 Å². The predicted octanol–water partition coefficient (Wildman–Crippen LogP) is 4.17. The van der Waals surface area contributed by atoms with Crippen molar-refractivity contribution in [1.82, 2.24) is 10.3 Å². The summed E-state index contributed by atoms with van der Waals surface area (Å²) in [5, 5.41) is 15.5. The van der Waals surface area contributed by atoms with Crippen LogP contribution in [-0.2, 0) is 6.54 Å². The van der Waals surface area contributed by atoms with Gasteiger partial charge in [0.25, 0.3) is 0 Å². The fourth-order valence-electron chi connectivity index (χ4n) is 3.85. The van der Waals surface area contributed by atoms with E-state index in [0.29, 0.717) is 30.8 Å². The van der Waals surface area contributed by atoms with E-state index in [-0.39, 0.29) is 13.1 Å². The maximum atomic E-state index is 14.9. The van der Waals surface area contributed by atoms with Crippen LogP contribution >= 0.6 is 0 Å². The van der Waals surface area contributed by atoms with E-state index in [1.807, 2.05) is 49.4 Å². The number of nitrogens with two attached hydrogens (primary N) is 1. The molecule has 1 unspecified atom stereocenters. The zero-order chi connectivity index (χ0) is 21.8. The lowest BCUT2D eigenvalue weighted by atomic mass is 9.96. The van der Waals surface area contributed by atoms with Gasteiger partial charge in [-0.05, 0) is 43.7 Å². The molecule has 1 aliphatic heterocycles. The highest BCUT2D eigenvalue weighted by Crippen LogP contribution is 2.35. The second kappa shape index (κ2) is 8.84. The molecule has 2 aromatic carbocycles. The Morgan fingerprint density at radius 2 is 1.87 bits per heavy atom. The lowest BCUT2D eigenvalue weighted by Crippen LogP contribution is -2.34. The first-order valence-electron chi connectivity index (χ1n) is 10.5. The molecule has 0 radical (unpaired) electrons. The molecule has 4 N–H and O–H groups in total. The van der Waals surface area contributed by atoms with E-state index in [2.05, 4.69) is 16.7 Å². The molecule has 0 saturated carbocycles. The molecule has 1 aromatic heterocycles. The van der Waals surface area contributed by atoms with Crippen molar-refractivity contribution < 1.29 is 4.39 Å². The van der Waals surface area contributed by atoms with Crippen molar-refractivity contribution in [3.8, 4) is 28.5 Å². The van der Waals surface area contributed by atoms with Crippen LogP contribution in [0.4, 0.5) is 10.1 Å². The number of hydrogen-bond donors (Lipinski definition) is 3. The standard InChI is InChI=1S/C25H26FN5/c1-17-2-6-20(7-3-17)24-21(19-8-4-18(13-27)5-9-19)12-22(23(14-28)31-24)30-16-25(26)10-11-29-15-25/h2-9,12,29-30H,10-11,14-16,28H2,1H3. The van der Waals surface area contributed by atoms with Crippen molar-refractivity contribution >= 4 is 5.69 Å². The van der Waals surface area contributed by atoms with Crippen molar-refractivity contribution in [2.24, 2.45) is 5.73 Å². The highest BCUT2D eigenvalue weighted by Gasteiger charge is 2.33. The zero-order valence-corrected chi connectivity index (χ0v) is 17.6. The quantitative estimate of drug-likeness (QED) is 0.563. The van der Waals surface area contributed by atoms with E-state index in [0.717, 1.165) is 28.1 Å². The number of nitriles is 1. The molecule has 5 nitrogen and oxygen atoms in total. The molecule has 1 saturated heterocycles. The first-order chi connectivity index (χ1) is 15.0. The normalized spacial score (nSPS) is 18.0. The van der Waals surface area contributed by atoms with Gasteiger partial charge in [0.15, 0.2) is 0 Å². The Kier molecular flexibility index (Phi) is 5.99. The minimum absolute atomic E-state index is 0.200. The Morgan fingerprint density at radius 3 is 2.48 bits per heavy atom. The topological polar surface area (TPSA) is 86.8 Å². The first-order valence-corrected chi connectivity index (χ1v) is 10.5. The van der Waals surface area contributed by atoms with Crippen molar-refractivity contribution in [2.45, 2.75) is 25.6 Å². The molecule has 1 aliphatic rings. The minimum Gasteiger partial charge on any atom is -0.380 e. The van der Waals surface area contributed by atoms with E-state index in [1.54, 1.807) is 12.1 Å². The van der Waals surface area contributed by atoms with Gasteiger partial charge in [0.1, 0.15) is 5.67 Å². The van der Waals surface area contributed by atoms with Crippen LogP contribution in [0.3, 0.4) is 0 Å². The van der Waals surface area contributed by atoms with Crippen LogP contribution < -0.4 is 16.4 Å². The fourth-order valence-corrected chi connectivity index (χ4v) is 3.85. The first kappa shape index (κ1) is 21.0. The molecule has 0 bridgehead atoms. The molecule has 6 heteroatoms. The number of aryl methyl sites for hydroxylation is 1. The summed E-state index contributed by atoms with van der Waals surface area (Å²) in [4.78, 5) is 4.89. The van der Waals surface area contributed by atoms with Crippen molar-refractivity contribution in [1.29, 1.82) is 5.26 Å². The van der Waals surface area contributed by atoms with Gasteiger partial charge in [0.05, 0.1) is 35.3 Å². The summed E-state index contributed by atoms with van der Waals surface area (Å²) >= 11 is 0. The Balaban J connectivity index is 1.79. The van der Waals surface area contributed by atoms with Crippen LogP contribution in [0.25, 0.3) is 22.4 Å². The van der Waals surface area contributed by atoms with Crippen molar-refractivity contribution in [3.63, 3.8) is 0 Å². The third-order valence-electron chi connectivity index (χ3n) is 5.73. The Bertz CT molecular complexity index is 1090. The second-order valence-electron chi connectivity index (χ2n) is 8.07. The monoisotopic (exact) mass is 415 g/mol. The largest absolute Gasteiger partial charge is 0.380 e. The highest BCUT2D eigenvalue weighted by molar-refractivity contribution is 5.84. The smallest absolute Gasteiger partial charge is 0.141 e. The molecule has 0 spiro atoms. The van der Waals surface area contributed by atoms with Gasteiger partial charge in [0, 0.05) is 24.2 Å². The number of halogens is 1. The molecular formula is C25H26FN5. The number of benzene rings is 2. The molecule has 0 amide bonds. The summed E-state index contributed by atoms with van der Waals surface area (Å²) in [5.74, 6) is 0. The average Bonchev–Trinajstić information content (AvgIpc) is 3.24. The number of aromatic nitrogens is 1. The van der Waals surface area contributed by atoms with E-state index in [1.165, 1.54) is 5.56 Å². The van der Waals surface area contributed by atoms with Crippen LogP contribution in [0.15, 0.2) is 54.6 Å². The zero-order valence-electron chi connectivity index (χ0n) is 17.6. The van der Waals surface area contributed by atoms with Gasteiger partial charge in [-0.3, -0.25) is 0 Å². The molecule has 1 atom stereocenters. The lowest BCUT2D eigenvalue weighted by molar-refractivity contribution is 0.208. The number of nitrogens with one attached hydrogen (secondary N) is 2. The Labute approximate surface area is 182 Å². The SMILES string of the molecule is Cc1ccc(-c2nc(CN)c(NCC3(F)CCNC3)cc2-c2ccc(C#N)cc2)cc1. The lowest BCUT2D eigenvalue weighted by Gasteiger charge is -2.22. The molecule has 2 heterocycles. The van der Waals surface area contributed by atoms with E-state index in [4.69, 9.17) is 16.0 Å². The van der Waals surface area contributed by atoms with Crippen LogP contribution in [0.5, 0.6) is 0 Å². The summed E-state index contributed by atoms with van der Waals surface area (Å²) in [6.45, 7) is 3.51. The van der Waals surface area contributed by atoms with Gasteiger partial charge in [-0.1, -0.05) is 42.0 Å². The molecule has 4 rings (SSSR count). The maximum Gasteiger partial charge on any atom is 0.141 e. The summed E-state index contributed by atoms with van der Waals surface area (Å²) in [5.41, 5.74) is 11.6. The van der Waals surface area contributed by atoms with Crippen molar-refractivity contribution in [2.75, 3.05) is 25.0 Å². The highest BCUT2D eigenvalue weighted by atomic mass is 19.1. The fraction of sp³-hybridized carbons (Fsp3) is 0.280. The molecule has 3 aromatic rings. The van der Waals surface area contributed by atoms with E-state index >= 15 is 0 Å². The van der Waals surface area contributed by atoms with Crippen molar-refractivity contribution in [3.05, 3.63) is 71.4 Å². The number of hydrogen-bond acceptors (Lipinski definition) is 5. The maximum absolute atomic E-state index is 14.9. The van der Waals surface area contributed by atoms with E-state index in [9.17, 15) is 4.39 Å². The molecular weight excluding hydrogens is 389 g/mol. The van der Waals surface area contributed by atoms with Gasteiger partial charge < -0.3 is 16.4 Å². The van der Waals surface area contributed by atoms with Gasteiger partial charge in [-0.2, -0.15) is 5.26 Å². The van der Waals surface area contributed by atoms with Gasteiger partial charge >= 0.3 is 0 Å². The Hall–Kier alpha value is -3.27. The predicted molar refractivity (Wildman–Crippen MR) is 122 cm³/mol. The van der Waals surface area contributed by atoms with Crippen LogP contribution in [0.1, 0.15) is 23.2 Å². The molecule has 0 aliphatic carbocycles. The number of nitrogens with zero attached hydrogens (tertiary/aromatic N) is 2. The summed E-state index contributed by atoms with van der Waals surface area (Å²) in [7, 11) is 0. The van der Waals surface area contributed by atoms with Gasteiger partial charge in [-0.25, -0.2) is 9.37 Å². The molecule has 1 fully saturated rings. The average molecular weight is 416 g/mol. The van der Waals surface area contributed by atoms with Crippen LogP contribution in [0, 0.1) is 18.3 Å². The summed E-state index contributed by atoms with van der Waals surface area (Å²) < 4.78 is 14.9.